The van der Waals surface area contributed by atoms with Gasteiger partial charge in [0.05, 0.1) is 0 Å². The van der Waals surface area contributed by atoms with Crippen LogP contribution in [0.1, 0.15) is 53.9 Å². The number of esters is 2. The van der Waals surface area contributed by atoms with Gasteiger partial charge < -0.3 is 9.47 Å². The van der Waals surface area contributed by atoms with E-state index < -0.39 is 0 Å². The van der Waals surface area contributed by atoms with E-state index in [1.165, 1.54) is 13.8 Å². The first kappa shape index (κ1) is 15.0. The van der Waals surface area contributed by atoms with Gasteiger partial charge in [0.25, 0.3) is 0 Å². The monoisotopic (exact) mass is 256 g/mol. The molecule has 0 spiro atoms. The van der Waals surface area contributed by atoms with Crippen molar-refractivity contribution in [2.45, 2.75) is 66.1 Å². The van der Waals surface area contributed by atoms with Crippen LogP contribution >= 0.6 is 0 Å². The Kier molecular flexibility index (Phi) is 4.77. The molecule has 0 saturated heterocycles. The summed E-state index contributed by atoms with van der Waals surface area (Å²) in [7, 11) is 0. The number of hydrogen-bond donors (Lipinski definition) is 0. The highest BCUT2D eigenvalue weighted by atomic mass is 16.6. The second kappa shape index (κ2) is 5.72. The minimum absolute atomic E-state index is 0.180. The molecule has 0 aromatic carbocycles. The van der Waals surface area contributed by atoms with Crippen LogP contribution in [0.4, 0.5) is 0 Å². The van der Waals surface area contributed by atoms with Gasteiger partial charge in [0.2, 0.25) is 0 Å². The second-order valence-electron chi connectivity index (χ2n) is 6.17. The molecule has 0 unspecified atom stereocenters. The van der Waals surface area contributed by atoms with Crippen LogP contribution in [0.25, 0.3) is 0 Å². The van der Waals surface area contributed by atoms with Crippen molar-refractivity contribution in [1.82, 2.24) is 0 Å². The second-order valence-corrected chi connectivity index (χ2v) is 6.17. The van der Waals surface area contributed by atoms with Crippen molar-refractivity contribution in [2.75, 3.05) is 0 Å². The summed E-state index contributed by atoms with van der Waals surface area (Å²) < 4.78 is 10.6. The third kappa shape index (κ3) is 4.31. The molecule has 104 valence electrons. The normalized spacial score (nSPS) is 28.6. The lowest BCUT2D eigenvalue weighted by molar-refractivity contribution is -0.172. The molecular formula is C14H24O4. The zero-order chi connectivity index (χ0) is 13.9. The van der Waals surface area contributed by atoms with Gasteiger partial charge in [-0.25, -0.2) is 0 Å². The van der Waals surface area contributed by atoms with Crippen LogP contribution in [-0.2, 0) is 19.1 Å². The van der Waals surface area contributed by atoms with Gasteiger partial charge in [0.1, 0.15) is 12.2 Å². The topological polar surface area (TPSA) is 52.6 Å². The summed E-state index contributed by atoms with van der Waals surface area (Å²) in [6.07, 6.45) is 1.94. The molecule has 1 rings (SSSR count). The van der Waals surface area contributed by atoms with Crippen molar-refractivity contribution in [3.05, 3.63) is 0 Å². The first-order valence-electron chi connectivity index (χ1n) is 6.54. The summed E-state index contributed by atoms with van der Waals surface area (Å²) in [5, 5.41) is 0. The highest BCUT2D eigenvalue weighted by molar-refractivity contribution is 5.67. The van der Waals surface area contributed by atoms with Crippen LogP contribution in [-0.4, -0.2) is 24.1 Å². The maximum atomic E-state index is 11.1. The predicted molar refractivity (Wildman–Crippen MR) is 67.9 cm³/mol. The van der Waals surface area contributed by atoms with Crippen molar-refractivity contribution in [2.24, 2.45) is 11.3 Å². The zero-order valence-corrected chi connectivity index (χ0v) is 12.0. The van der Waals surface area contributed by atoms with E-state index in [-0.39, 0.29) is 29.6 Å². The molecule has 0 aliphatic heterocycles. The number of rotatable bonds is 2. The van der Waals surface area contributed by atoms with Crippen LogP contribution in [0.3, 0.4) is 0 Å². The molecule has 4 heteroatoms. The van der Waals surface area contributed by atoms with Crippen molar-refractivity contribution in [3.8, 4) is 0 Å². The SMILES string of the molecule is CC(=O)O[C@H]1C[C@@H](C(C)(C)C)CC[C@H]1OC(C)=O. The number of carbonyl (C=O) groups excluding carboxylic acids is 2. The standard InChI is InChI=1S/C14H24O4/c1-9(15)17-12-7-6-11(14(3,4)5)8-13(12)18-10(2)16/h11-13H,6-8H2,1-5H3/t11-,12+,13-/m0/s1. The lowest BCUT2D eigenvalue weighted by Crippen LogP contribution is -2.42. The van der Waals surface area contributed by atoms with Gasteiger partial charge in [-0.05, 0) is 30.6 Å². The summed E-state index contributed by atoms with van der Waals surface area (Å²) >= 11 is 0. The third-order valence-corrected chi connectivity index (χ3v) is 3.59. The zero-order valence-electron chi connectivity index (χ0n) is 12.0. The van der Waals surface area contributed by atoms with E-state index in [4.69, 9.17) is 9.47 Å². The molecule has 18 heavy (non-hydrogen) atoms. The highest BCUT2D eigenvalue weighted by Crippen LogP contribution is 2.39. The van der Waals surface area contributed by atoms with Gasteiger partial charge in [-0.3, -0.25) is 9.59 Å². The lowest BCUT2D eigenvalue weighted by atomic mass is 9.71. The minimum atomic E-state index is -0.314. The molecule has 1 saturated carbocycles. The Labute approximate surface area is 109 Å². The molecule has 3 atom stereocenters. The molecule has 0 aromatic rings. The minimum Gasteiger partial charge on any atom is -0.459 e. The van der Waals surface area contributed by atoms with Crippen molar-refractivity contribution < 1.29 is 19.1 Å². The van der Waals surface area contributed by atoms with E-state index >= 15 is 0 Å². The van der Waals surface area contributed by atoms with Gasteiger partial charge in [-0.2, -0.15) is 0 Å². The fourth-order valence-corrected chi connectivity index (χ4v) is 2.57. The lowest BCUT2D eigenvalue weighted by Gasteiger charge is -2.40. The Morgan fingerprint density at radius 1 is 0.944 bits per heavy atom. The van der Waals surface area contributed by atoms with Crippen LogP contribution in [0, 0.1) is 11.3 Å². The summed E-state index contributed by atoms with van der Waals surface area (Å²) in [4.78, 5) is 22.2. The Balaban J connectivity index is 2.72. The molecule has 1 aliphatic rings. The molecule has 0 aromatic heterocycles. The molecule has 0 N–H and O–H groups in total. The molecular weight excluding hydrogens is 232 g/mol. The van der Waals surface area contributed by atoms with Crippen molar-refractivity contribution in [3.63, 3.8) is 0 Å². The van der Waals surface area contributed by atoms with Gasteiger partial charge >= 0.3 is 11.9 Å². The highest BCUT2D eigenvalue weighted by Gasteiger charge is 2.39. The molecule has 0 bridgehead atoms. The van der Waals surface area contributed by atoms with Crippen LogP contribution in [0.15, 0.2) is 0 Å². The first-order valence-corrected chi connectivity index (χ1v) is 6.54. The van der Waals surface area contributed by atoms with Crippen molar-refractivity contribution in [1.29, 1.82) is 0 Å². The number of hydrogen-bond acceptors (Lipinski definition) is 4. The summed E-state index contributed by atoms with van der Waals surface area (Å²) in [6, 6.07) is 0. The molecule has 0 amide bonds. The van der Waals surface area contributed by atoms with Crippen molar-refractivity contribution >= 4 is 11.9 Å². The molecule has 4 nitrogen and oxygen atoms in total. The van der Waals surface area contributed by atoms with Gasteiger partial charge in [0.15, 0.2) is 0 Å². The maximum absolute atomic E-state index is 11.1. The largest absolute Gasteiger partial charge is 0.459 e. The summed E-state index contributed by atoms with van der Waals surface area (Å²) in [6.45, 7) is 9.35. The Bertz CT molecular complexity index is 316. The average Bonchev–Trinajstić information content (AvgIpc) is 2.17. The van der Waals surface area contributed by atoms with E-state index in [1.54, 1.807) is 0 Å². The van der Waals surface area contributed by atoms with E-state index in [9.17, 15) is 9.59 Å². The van der Waals surface area contributed by atoms with Crippen LogP contribution in [0.5, 0.6) is 0 Å². The smallest absolute Gasteiger partial charge is 0.303 e. The fourth-order valence-electron chi connectivity index (χ4n) is 2.57. The van der Waals surface area contributed by atoms with E-state index in [2.05, 4.69) is 20.8 Å². The third-order valence-electron chi connectivity index (χ3n) is 3.59. The summed E-state index contributed by atoms with van der Waals surface area (Å²) in [5.41, 5.74) is 0.180. The van der Waals surface area contributed by atoms with E-state index in [0.717, 1.165) is 19.3 Å². The Hall–Kier alpha value is -1.06. The van der Waals surface area contributed by atoms with E-state index in [1.807, 2.05) is 0 Å². The van der Waals surface area contributed by atoms with Gasteiger partial charge in [-0.15, -0.1) is 0 Å². The molecule has 0 radical (unpaired) electrons. The molecule has 0 heterocycles. The van der Waals surface area contributed by atoms with Gasteiger partial charge in [-0.1, -0.05) is 20.8 Å². The quantitative estimate of drug-likeness (QED) is 0.713. The Morgan fingerprint density at radius 2 is 1.44 bits per heavy atom. The molecule has 1 fully saturated rings. The van der Waals surface area contributed by atoms with Crippen LogP contribution in [0.2, 0.25) is 0 Å². The van der Waals surface area contributed by atoms with E-state index in [0.29, 0.717) is 5.92 Å². The predicted octanol–water partition coefficient (Wildman–Crippen LogP) is 2.70. The average molecular weight is 256 g/mol. The molecule has 1 aliphatic carbocycles. The summed E-state index contributed by atoms with van der Waals surface area (Å²) in [5.74, 6) is -0.147. The Morgan fingerprint density at radius 3 is 1.89 bits per heavy atom. The fraction of sp³-hybridized carbons (Fsp3) is 0.857. The van der Waals surface area contributed by atoms with Gasteiger partial charge in [0, 0.05) is 13.8 Å². The number of ether oxygens (including phenoxy) is 2. The first-order chi connectivity index (χ1) is 8.20. The van der Waals surface area contributed by atoms with Crippen LogP contribution < -0.4 is 0 Å². The number of carbonyl (C=O) groups is 2. The maximum Gasteiger partial charge on any atom is 0.303 e.